The smallest absolute Gasteiger partial charge is 0.193 e. The highest BCUT2D eigenvalue weighted by Gasteiger charge is 2.35. The monoisotopic (exact) mass is 317 g/mol. The lowest BCUT2D eigenvalue weighted by molar-refractivity contribution is 0.299. The summed E-state index contributed by atoms with van der Waals surface area (Å²) in [5, 5.41) is 13.4. The largest absolute Gasteiger partial charge is 0.508 e. The third kappa shape index (κ3) is 3.54. The van der Waals surface area contributed by atoms with Crippen molar-refractivity contribution >= 4 is 5.96 Å². The molecule has 1 heterocycles. The summed E-state index contributed by atoms with van der Waals surface area (Å²) in [5.74, 6) is 3.62. The van der Waals surface area contributed by atoms with Gasteiger partial charge in [0.2, 0.25) is 0 Å². The van der Waals surface area contributed by atoms with E-state index in [1.165, 1.54) is 25.7 Å². The number of nitrogens with zero attached hydrogens (tertiary/aromatic N) is 2. The van der Waals surface area contributed by atoms with Crippen LogP contribution in [-0.2, 0) is 6.54 Å². The fraction of sp³-hybridized carbons (Fsp3) is 0.611. The van der Waals surface area contributed by atoms with Crippen LogP contribution in [0, 0.1) is 11.8 Å². The third-order valence-corrected chi connectivity index (χ3v) is 5.21. The lowest BCUT2D eigenvalue weighted by Gasteiger charge is -2.22. The van der Waals surface area contributed by atoms with Gasteiger partial charge < -0.3 is 20.1 Å². The minimum Gasteiger partial charge on any atom is -0.508 e. The van der Waals surface area contributed by atoms with E-state index in [1.807, 2.05) is 13.1 Å². The zero-order chi connectivity index (χ0) is 16.2. The van der Waals surface area contributed by atoms with Crippen molar-refractivity contribution in [3.8, 4) is 11.5 Å². The Labute approximate surface area is 138 Å². The summed E-state index contributed by atoms with van der Waals surface area (Å²) < 4.78 is 5.23. The third-order valence-electron chi connectivity index (χ3n) is 5.21. The topological polar surface area (TPSA) is 57.1 Å². The quantitative estimate of drug-likeness (QED) is 0.664. The standard InChI is InChI=1S/C18H27N3O2/c1-19-18(21-11-13-5-3-4-6-14(13)12-21)20-10-15-9-16(23-2)7-8-17(15)22/h7-9,13-14,22H,3-6,10-12H2,1-2H3,(H,19,20). The van der Waals surface area contributed by atoms with Crippen molar-refractivity contribution in [2.75, 3.05) is 27.2 Å². The predicted octanol–water partition coefficient (Wildman–Crippen LogP) is 2.60. The van der Waals surface area contributed by atoms with Crippen LogP contribution in [0.4, 0.5) is 0 Å². The first-order valence-electron chi connectivity index (χ1n) is 8.52. The summed E-state index contributed by atoms with van der Waals surface area (Å²) in [6, 6.07) is 5.29. The van der Waals surface area contributed by atoms with Gasteiger partial charge in [-0.3, -0.25) is 4.99 Å². The number of aliphatic imine (C=N–C) groups is 1. The second-order valence-electron chi connectivity index (χ2n) is 6.61. The summed E-state index contributed by atoms with van der Waals surface area (Å²) in [6.07, 6.45) is 5.46. The molecule has 1 aromatic carbocycles. The number of hydrogen-bond acceptors (Lipinski definition) is 3. The number of methoxy groups -OCH3 is 1. The molecular formula is C18H27N3O2. The minimum atomic E-state index is 0.281. The van der Waals surface area contributed by atoms with Crippen molar-refractivity contribution in [1.29, 1.82) is 0 Å². The lowest BCUT2D eigenvalue weighted by atomic mass is 9.82. The van der Waals surface area contributed by atoms with Gasteiger partial charge in [0.25, 0.3) is 0 Å². The van der Waals surface area contributed by atoms with Gasteiger partial charge in [-0.2, -0.15) is 0 Å². The van der Waals surface area contributed by atoms with Gasteiger partial charge >= 0.3 is 0 Å². The molecule has 0 spiro atoms. The first-order valence-corrected chi connectivity index (χ1v) is 8.52. The van der Waals surface area contributed by atoms with Gasteiger partial charge in [-0.05, 0) is 42.9 Å². The number of phenolic OH excluding ortho intramolecular Hbond substituents is 1. The van der Waals surface area contributed by atoms with Gasteiger partial charge in [0.1, 0.15) is 11.5 Å². The van der Waals surface area contributed by atoms with E-state index in [2.05, 4.69) is 15.2 Å². The highest BCUT2D eigenvalue weighted by Crippen LogP contribution is 2.36. The number of aromatic hydroxyl groups is 1. The summed E-state index contributed by atoms with van der Waals surface area (Å²) in [4.78, 5) is 6.81. The molecule has 0 amide bonds. The molecule has 2 aliphatic rings. The maximum absolute atomic E-state index is 10.0. The van der Waals surface area contributed by atoms with Gasteiger partial charge in [0.15, 0.2) is 5.96 Å². The Morgan fingerprint density at radius 1 is 1.30 bits per heavy atom. The molecule has 1 aliphatic heterocycles. The van der Waals surface area contributed by atoms with Crippen LogP contribution in [0.1, 0.15) is 31.2 Å². The highest BCUT2D eigenvalue weighted by atomic mass is 16.5. The highest BCUT2D eigenvalue weighted by molar-refractivity contribution is 5.80. The molecule has 0 bridgehead atoms. The molecule has 2 atom stereocenters. The summed E-state index contributed by atoms with van der Waals surface area (Å²) in [6.45, 7) is 2.75. The van der Waals surface area contributed by atoms with Gasteiger partial charge in [-0.1, -0.05) is 12.8 Å². The van der Waals surface area contributed by atoms with Crippen LogP contribution in [0.3, 0.4) is 0 Å². The van der Waals surface area contributed by atoms with E-state index >= 15 is 0 Å². The zero-order valence-electron chi connectivity index (χ0n) is 14.1. The molecule has 23 heavy (non-hydrogen) atoms. The predicted molar refractivity (Wildman–Crippen MR) is 91.9 cm³/mol. The van der Waals surface area contributed by atoms with E-state index < -0.39 is 0 Å². The molecule has 1 aromatic rings. The molecule has 1 saturated carbocycles. The Balaban J connectivity index is 1.62. The number of hydrogen-bond donors (Lipinski definition) is 2. The van der Waals surface area contributed by atoms with Crippen molar-refractivity contribution in [2.45, 2.75) is 32.2 Å². The lowest BCUT2D eigenvalue weighted by Crippen LogP contribution is -2.39. The second kappa shape index (κ2) is 7.11. The van der Waals surface area contributed by atoms with Crippen LogP contribution in [0.2, 0.25) is 0 Å². The first-order chi connectivity index (χ1) is 11.2. The van der Waals surface area contributed by atoms with E-state index in [-0.39, 0.29) is 5.75 Å². The summed E-state index contributed by atoms with van der Waals surface area (Å²) in [7, 11) is 3.46. The molecule has 2 unspecified atom stereocenters. The molecule has 1 saturated heterocycles. The number of ether oxygens (including phenoxy) is 1. The van der Waals surface area contributed by atoms with Crippen LogP contribution in [0.25, 0.3) is 0 Å². The number of guanidine groups is 1. The molecule has 0 aromatic heterocycles. The van der Waals surface area contributed by atoms with E-state index in [4.69, 9.17) is 4.74 Å². The number of fused-ring (bicyclic) bond motifs is 1. The van der Waals surface area contributed by atoms with Crippen LogP contribution >= 0.6 is 0 Å². The van der Waals surface area contributed by atoms with Crippen molar-refractivity contribution in [2.24, 2.45) is 16.8 Å². The van der Waals surface area contributed by atoms with Gasteiger partial charge in [-0.15, -0.1) is 0 Å². The Bertz CT molecular complexity index is 559. The van der Waals surface area contributed by atoms with Crippen LogP contribution in [-0.4, -0.2) is 43.2 Å². The maximum atomic E-state index is 10.0. The Morgan fingerprint density at radius 3 is 2.61 bits per heavy atom. The number of benzene rings is 1. The summed E-state index contributed by atoms with van der Waals surface area (Å²) >= 11 is 0. The zero-order valence-corrected chi connectivity index (χ0v) is 14.1. The molecule has 126 valence electrons. The summed E-state index contributed by atoms with van der Waals surface area (Å²) in [5.41, 5.74) is 0.821. The maximum Gasteiger partial charge on any atom is 0.193 e. The van der Waals surface area contributed by atoms with Crippen LogP contribution in [0.15, 0.2) is 23.2 Å². The molecule has 3 rings (SSSR count). The molecule has 0 radical (unpaired) electrons. The van der Waals surface area contributed by atoms with Gasteiger partial charge in [0.05, 0.1) is 7.11 Å². The SMILES string of the molecule is CN=C(NCc1cc(OC)ccc1O)N1CC2CCCCC2C1. The molecule has 1 aliphatic carbocycles. The average Bonchev–Trinajstić information content (AvgIpc) is 3.00. The Kier molecular flexibility index (Phi) is 4.94. The van der Waals surface area contributed by atoms with Crippen molar-refractivity contribution in [3.05, 3.63) is 23.8 Å². The molecule has 2 fully saturated rings. The normalized spacial score (nSPS) is 24.4. The van der Waals surface area contributed by atoms with E-state index in [0.29, 0.717) is 6.54 Å². The second-order valence-corrected chi connectivity index (χ2v) is 6.61. The minimum absolute atomic E-state index is 0.281. The van der Waals surface area contributed by atoms with Gasteiger partial charge in [0, 0.05) is 32.2 Å². The average molecular weight is 317 g/mol. The van der Waals surface area contributed by atoms with Crippen molar-refractivity contribution < 1.29 is 9.84 Å². The molecule has 5 heteroatoms. The molecular weight excluding hydrogens is 290 g/mol. The number of rotatable bonds is 3. The van der Waals surface area contributed by atoms with Crippen LogP contribution in [0.5, 0.6) is 11.5 Å². The van der Waals surface area contributed by atoms with Crippen molar-refractivity contribution in [3.63, 3.8) is 0 Å². The fourth-order valence-corrected chi connectivity index (χ4v) is 3.92. The number of nitrogens with one attached hydrogen (secondary N) is 1. The van der Waals surface area contributed by atoms with Crippen LogP contribution < -0.4 is 10.1 Å². The van der Waals surface area contributed by atoms with E-state index in [9.17, 15) is 5.11 Å². The number of likely N-dealkylation sites (tertiary alicyclic amines) is 1. The van der Waals surface area contributed by atoms with Gasteiger partial charge in [-0.25, -0.2) is 0 Å². The first kappa shape index (κ1) is 16.0. The van der Waals surface area contributed by atoms with E-state index in [1.54, 1.807) is 19.2 Å². The fourth-order valence-electron chi connectivity index (χ4n) is 3.92. The Morgan fingerprint density at radius 2 is 2.00 bits per heavy atom. The Hall–Kier alpha value is -1.91. The molecule has 5 nitrogen and oxygen atoms in total. The van der Waals surface area contributed by atoms with Crippen molar-refractivity contribution in [1.82, 2.24) is 10.2 Å². The van der Waals surface area contributed by atoms with E-state index in [0.717, 1.165) is 42.2 Å². The molecule has 2 N–H and O–H groups in total. The number of phenols is 1.